The molecule has 0 saturated heterocycles. The van der Waals surface area contributed by atoms with E-state index in [1.54, 1.807) is 12.1 Å². The minimum Gasteiger partial charge on any atom is -0.387 e. The van der Waals surface area contributed by atoms with Crippen LogP contribution in [0.2, 0.25) is 0 Å². The molecule has 124 valence electrons. The van der Waals surface area contributed by atoms with E-state index in [-0.39, 0.29) is 10.9 Å². The van der Waals surface area contributed by atoms with E-state index in [4.69, 9.17) is 5.14 Å². The predicted molar refractivity (Wildman–Crippen MR) is 90.3 cm³/mol. The Morgan fingerprint density at radius 2 is 1.61 bits per heavy atom. The predicted octanol–water partition coefficient (Wildman–Crippen LogP) is 2.06. The molecule has 0 aliphatic rings. The number of rotatable bonds is 6. The van der Waals surface area contributed by atoms with E-state index < -0.39 is 16.1 Å². The molecule has 0 aromatic heterocycles. The second kappa shape index (κ2) is 7.23. The summed E-state index contributed by atoms with van der Waals surface area (Å²) in [4.78, 5) is 2.12. The van der Waals surface area contributed by atoms with Crippen molar-refractivity contribution < 1.29 is 13.5 Å². The van der Waals surface area contributed by atoms with Crippen LogP contribution in [0.4, 0.5) is 0 Å². The minimum atomic E-state index is -3.67. The zero-order valence-corrected chi connectivity index (χ0v) is 14.1. The third kappa shape index (κ3) is 4.62. The van der Waals surface area contributed by atoms with Gasteiger partial charge >= 0.3 is 0 Å². The molecule has 0 fully saturated rings. The van der Waals surface area contributed by atoms with Crippen molar-refractivity contribution in [1.82, 2.24) is 4.90 Å². The maximum absolute atomic E-state index is 11.3. The van der Waals surface area contributed by atoms with Gasteiger partial charge in [0.05, 0.1) is 11.0 Å². The molecule has 5 nitrogen and oxygen atoms in total. The van der Waals surface area contributed by atoms with Crippen LogP contribution in [0.25, 0.3) is 0 Å². The van der Waals surface area contributed by atoms with Crippen LogP contribution < -0.4 is 5.14 Å². The Kier molecular flexibility index (Phi) is 5.54. The monoisotopic (exact) mass is 334 g/mol. The molecule has 2 rings (SSSR count). The van der Waals surface area contributed by atoms with Gasteiger partial charge in [0, 0.05) is 12.6 Å². The standard InChI is InChI=1S/C17H22N2O3S/c1-13(14-8-10-16(11-9-14)23(18,21)22)19(2)12-17(20)15-6-4-3-5-7-15/h3-11,13,17,20H,12H2,1-2H3,(H2,18,21,22)/t13-,17+/m1/s1. The Bertz CT molecular complexity index is 730. The first kappa shape index (κ1) is 17.6. The number of nitrogens with zero attached hydrogens (tertiary/aromatic N) is 1. The number of hydrogen-bond acceptors (Lipinski definition) is 4. The molecule has 3 N–H and O–H groups in total. The lowest BCUT2D eigenvalue weighted by atomic mass is 10.1. The summed E-state index contributed by atoms with van der Waals surface area (Å²) in [6, 6.07) is 16.0. The lowest BCUT2D eigenvalue weighted by Gasteiger charge is -2.27. The highest BCUT2D eigenvalue weighted by atomic mass is 32.2. The quantitative estimate of drug-likeness (QED) is 0.847. The normalized spacial score (nSPS) is 14.7. The molecule has 2 aromatic rings. The highest BCUT2D eigenvalue weighted by Crippen LogP contribution is 2.23. The number of aliphatic hydroxyl groups is 1. The first-order chi connectivity index (χ1) is 10.8. The van der Waals surface area contributed by atoms with E-state index in [0.717, 1.165) is 11.1 Å². The zero-order valence-electron chi connectivity index (χ0n) is 13.3. The molecule has 23 heavy (non-hydrogen) atoms. The Morgan fingerprint density at radius 1 is 1.04 bits per heavy atom. The molecular weight excluding hydrogens is 312 g/mol. The van der Waals surface area contributed by atoms with E-state index in [0.29, 0.717) is 6.54 Å². The average Bonchev–Trinajstić information content (AvgIpc) is 2.54. The molecule has 0 aliphatic heterocycles. The van der Waals surface area contributed by atoms with Gasteiger partial charge in [0.1, 0.15) is 0 Å². The van der Waals surface area contributed by atoms with Gasteiger partial charge in [0.15, 0.2) is 0 Å². The molecule has 2 atom stereocenters. The Morgan fingerprint density at radius 3 is 2.13 bits per heavy atom. The van der Waals surface area contributed by atoms with Crippen molar-refractivity contribution >= 4 is 10.0 Å². The van der Waals surface area contributed by atoms with Crippen molar-refractivity contribution in [3.8, 4) is 0 Å². The molecule has 0 unspecified atom stereocenters. The summed E-state index contributed by atoms with van der Waals surface area (Å²) in [5.41, 5.74) is 1.83. The molecule has 0 bridgehead atoms. The molecule has 0 aliphatic carbocycles. The van der Waals surface area contributed by atoms with Crippen molar-refractivity contribution in [3.05, 3.63) is 65.7 Å². The van der Waals surface area contributed by atoms with E-state index in [1.165, 1.54) is 12.1 Å². The number of aliphatic hydroxyl groups excluding tert-OH is 1. The fourth-order valence-corrected chi connectivity index (χ4v) is 2.92. The first-order valence-corrected chi connectivity index (χ1v) is 8.89. The third-order valence-corrected chi connectivity index (χ3v) is 4.93. The summed E-state index contributed by atoms with van der Waals surface area (Å²) >= 11 is 0. The highest BCUT2D eigenvalue weighted by Gasteiger charge is 2.17. The van der Waals surface area contributed by atoms with E-state index in [2.05, 4.69) is 0 Å². The Balaban J connectivity index is 2.06. The van der Waals surface area contributed by atoms with Crippen molar-refractivity contribution in [2.45, 2.75) is 24.0 Å². The van der Waals surface area contributed by atoms with Crippen LogP contribution in [-0.4, -0.2) is 32.0 Å². The van der Waals surface area contributed by atoms with Crippen molar-refractivity contribution in [3.63, 3.8) is 0 Å². The van der Waals surface area contributed by atoms with Gasteiger partial charge in [-0.05, 0) is 37.2 Å². The van der Waals surface area contributed by atoms with Crippen molar-refractivity contribution in [1.29, 1.82) is 0 Å². The first-order valence-electron chi connectivity index (χ1n) is 7.35. The summed E-state index contributed by atoms with van der Waals surface area (Å²) in [5, 5.41) is 15.4. The largest absolute Gasteiger partial charge is 0.387 e. The smallest absolute Gasteiger partial charge is 0.238 e. The summed E-state index contributed by atoms with van der Waals surface area (Å²) in [5.74, 6) is 0. The fourth-order valence-electron chi connectivity index (χ4n) is 2.40. The number of hydrogen-bond donors (Lipinski definition) is 2. The lowest BCUT2D eigenvalue weighted by Crippen LogP contribution is -2.27. The van der Waals surface area contributed by atoms with Crippen LogP contribution in [0.1, 0.15) is 30.2 Å². The average molecular weight is 334 g/mol. The van der Waals surface area contributed by atoms with Crippen LogP contribution in [0, 0.1) is 0 Å². The second-order valence-electron chi connectivity index (χ2n) is 5.66. The van der Waals surface area contributed by atoms with Crippen LogP contribution in [0.15, 0.2) is 59.5 Å². The number of benzene rings is 2. The molecule has 0 saturated carbocycles. The highest BCUT2D eigenvalue weighted by molar-refractivity contribution is 7.89. The molecule has 2 aromatic carbocycles. The van der Waals surface area contributed by atoms with Gasteiger partial charge in [-0.1, -0.05) is 42.5 Å². The van der Waals surface area contributed by atoms with Crippen LogP contribution in [-0.2, 0) is 10.0 Å². The zero-order chi connectivity index (χ0) is 17.0. The van der Waals surface area contributed by atoms with Gasteiger partial charge < -0.3 is 5.11 Å². The summed E-state index contributed by atoms with van der Waals surface area (Å²) < 4.78 is 22.6. The Hall–Kier alpha value is -1.73. The fraction of sp³-hybridized carbons (Fsp3) is 0.294. The van der Waals surface area contributed by atoms with E-state index in [1.807, 2.05) is 49.2 Å². The van der Waals surface area contributed by atoms with Gasteiger partial charge in [-0.2, -0.15) is 0 Å². The van der Waals surface area contributed by atoms with Crippen LogP contribution >= 0.6 is 0 Å². The van der Waals surface area contributed by atoms with Crippen LogP contribution in [0.3, 0.4) is 0 Å². The van der Waals surface area contributed by atoms with Gasteiger partial charge in [0.25, 0.3) is 0 Å². The maximum Gasteiger partial charge on any atom is 0.238 e. The van der Waals surface area contributed by atoms with Crippen LogP contribution in [0.5, 0.6) is 0 Å². The maximum atomic E-state index is 11.3. The molecule has 0 radical (unpaired) electrons. The number of sulfonamides is 1. The van der Waals surface area contributed by atoms with Crippen molar-refractivity contribution in [2.24, 2.45) is 5.14 Å². The summed E-state index contributed by atoms with van der Waals surface area (Å²) in [6.45, 7) is 2.48. The summed E-state index contributed by atoms with van der Waals surface area (Å²) in [6.07, 6.45) is -0.577. The number of likely N-dealkylation sites (N-methyl/N-ethyl adjacent to an activating group) is 1. The van der Waals surface area contributed by atoms with E-state index >= 15 is 0 Å². The van der Waals surface area contributed by atoms with Gasteiger partial charge in [-0.15, -0.1) is 0 Å². The van der Waals surface area contributed by atoms with Gasteiger partial charge in [0.2, 0.25) is 10.0 Å². The number of nitrogens with two attached hydrogens (primary N) is 1. The second-order valence-corrected chi connectivity index (χ2v) is 7.22. The van der Waals surface area contributed by atoms with E-state index in [9.17, 15) is 13.5 Å². The molecular formula is C17H22N2O3S. The summed E-state index contributed by atoms with van der Waals surface area (Å²) in [7, 11) is -1.75. The number of primary sulfonamides is 1. The lowest BCUT2D eigenvalue weighted by molar-refractivity contribution is 0.108. The minimum absolute atomic E-state index is 0.0305. The van der Waals surface area contributed by atoms with Crippen molar-refractivity contribution in [2.75, 3.05) is 13.6 Å². The molecule has 0 spiro atoms. The third-order valence-electron chi connectivity index (χ3n) is 4.00. The topological polar surface area (TPSA) is 83.6 Å². The Labute approximate surface area is 137 Å². The molecule has 0 amide bonds. The molecule has 0 heterocycles. The molecule has 6 heteroatoms. The van der Waals surface area contributed by atoms with Gasteiger partial charge in [-0.25, -0.2) is 13.6 Å². The van der Waals surface area contributed by atoms with Gasteiger partial charge in [-0.3, -0.25) is 4.90 Å². The SMILES string of the molecule is C[C@H](c1ccc(S(N)(=O)=O)cc1)N(C)C[C@H](O)c1ccccc1.